The van der Waals surface area contributed by atoms with Gasteiger partial charge in [-0.15, -0.1) is 0 Å². The SMILES string of the molecule is O=C([C@@H]1CC[C@H]2[C@H](CCN2Cc2cccnc2)O1)N1CCOCC1. The number of likely N-dealkylation sites (tertiary alicyclic amines) is 1. The van der Waals surface area contributed by atoms with Crippen LogP contribution in [0.25, 0.3) is 0 Å². The predicted molar refractivity (Wildman–Crippen MR) is 88.3 cm³/mol. The van der Waals surface area contributed by atoms with Gasteiger partial charge in [0.15, 0.2) is 0 Å². The Morgan fingerprint density at radius 2 is 2.08 bits per heavy atom. The van der Waals surface area contributed by atoms with Gasteiger partial charge in [0.05, 0.1) is 19.3 Å². The largest absolute Gasteiger partial charge is 0.378 e. The summed E-state index contributed by atoms with van der Waals surface area (Å²) in [5.74, 6) is 0.155. The fraction of sp³-hybridized carbons (Fsp3) is 0.667. The van der Waals surface area contributed by atoms with Crippen LogP contribution in [0.3, 0.4) is 0 Å². The second-order valence-corrected chi connectivity index (χ2v) is 6.87. The molecule has 0 unspecified atom stereocenters. The topological polar surface area (TPSA) is 54.9 Å². The highest BCUT2D eigenvalue weighted by Gasteiger charge is 2.42. The lowest BCUT2D eigenvalue weighted by molar-refractivity contribution is -0.158. The summed E-state index contributed by atoms with van der Waals surface area (Å²) in [5, 5.41) is 0. The summed E-state index contributed by atoms with van der Waals surface area (Å²) < 4.78 is 11.5. The molecule has 0 radical (unpaired) electrons. The number of rotatable bonds is 3. The molecule has 3 aliphatic heterocycles. The first-order chi connectivity index (χ1) is 11.8. The molecule has 6 heteroatoms. The first kappa shape index (κ1) is 16.0. The summed E-state index contributed by atoms with van der Waals surface area (Å²) in [4.78, 5) is 21.2. The molecule has 6 nitrogen and oxygen atoms in total. The Morgan fingerprint density at radius 3 is 2.88 bits per heavy atom. The van der Waals surface area contributed by atoms with E-state index < -0.39 is 0 Å². The number of carbonyl (C=O) groups is 1. The van der Waals surface area contributed by atoms with Crippen molar-refractivity contribution in [3.63, 3.8) is 0 Å². The number of pyridine rings is 1. The van der Waals surface area contributed by atoms with Crippen LogP contribution in [0.1, 0.15) is 24.8 Å². The Hall–Kier alpha value is -1.50. The van der Waals surface area contributed by atoms with Crippen LogP contribution in [0.5, 0.6) is 0 Å². The van der Waals surface area contributed by atoms with Gasteiger partial charge in [-0.3, -0.25) is 14.7 Å². The van der Waals surface area contributed by atoms with Crippen molar-refractivity contribution >= 4 is 5.91 Å². The van der Waals surface area contributed by atoms with Crippen LogP contribution in [0.2, 0.25) is 0 Å². The lowest BCUT2D eigenvalue weighted by atomic mass is 9.98. The number of hydrogen-bond acceptors (Lipinski definition) is 5. The van der Waals surface area contributed by atoms with Crippen LogP contribution >= 0.6 is 0 Å². The number of amides is 1. The third-order valence-electron chi connectivity index (χ3n) is 5.37. The van der Waals surface area contributed by atoms with Gasteiger partial charge in [-0.05, 0) is 30.9 Å². The zero-order chi connectivity index (χ0) is 16.4. The molecular weight excluding hydrogens is 306 g/mol. The van der Waals surface area contributed by atoms with E-state index in [-0.39, 0.29) is 18.1 Å². The van der Waals surface area contributed by atoms with Crippen LogP contribution in [0.4, 0.5) is 0 Å². The number of nitrogens with zero attached hydrogens (tertiary/aromatic N) is 3. The second-order valence-electron chi connectivity index (χ2n) is 6.87. The first-order valence-electron chi connectivity index (χ1n) is 8.96. The maximum absolute atomic E-state index is 12.6. The molecule has 3 saturated heterocycles. The smallest absolute Gasteiger partial charge is 0.251 e. The average molecular weight is 331 g/mol. The Balaban J connectivity index is 1.34. The van der Waals surface area contributed by atoms with Crippen molar-refractivity contribution in [1.82, 2.24) is 14.8 Å². The van der Waals surface area contributed by atoms with Crippen LogP contribution < -0.4 is 0 Å². The van der Waals surface area contributed by atoms with E-state index in [0.29, 0.717) is 32.3 Å². The lowest BCUT2D eigenvalue weighted by Crippen LogP contribution is -2.51. The van der Waals surface area contributed by atoms with Crippen LogP contribution in [-0.4, -0.2) is 71.8 Å². The van der Waals surface area contributed by atoms with E-state index in [1.807, 2.05) is 23.4 Å². The van der Waals surface area contributed by atoms with E-state index >= 15 is 0 Å². The van der Waals surface area contributed by atoms with Crippen molar-refractivity contribution in [1.29, 1.82) is 0 Å². The summed E-state index contributed by atoms with van der Waals surface area (Å²) in [6.07, 6.45) is 6.53. The van der Waals surface area contributed by atoms with Crippen molar-refractivity contribution in [2.45, 2.75) is 44.1 Å². The van der Waals surface area contributed by atoms with Gasteiger partial charge in [-0.1, -0.05) is 6.07 Å². The van der Waals surface area contributed by atoms with Gasteiger partial charge >= 0.3 is 0 Å². The fourth-order valence-corrected chi connectivity index (χ4v) is 4.11. The molecule has 0 spiro atoms. The highest BCUT2D eigenvalue weighted by molar-refractivity contribution is 5.81. The number of fused-ring (bicyclic) bond motifs is 1. The van der Waals surface area contributed by atoms with Gasteiger partial charge in [-0.25, -0.2) is 0 Å². The van der Waals surface area contributed by atoms with E-state index in [9.17, 15) is 4.79 Å². The van der Waals surface area contributed by atoms with E-state index in [2.05, 4.69) is 16.0 Å². The molecule has 24 heavy (non-hydrogen) atoms. The fourth-order valence-electron chi connectivity index (χ4n) is 4.11. The monoisotopic (exact) mass is 331 g/mol. The second kappa shape index (κ2) is 7.17. The summed E-state index contributed by atoms with van der Waals surface area (Å²) in [5.41, 5.74) is 1.24. The molecule has 0 aromatic carbocycles. The van der Waals surface area contributed by atoms with E-state index in [4.69, 9.17) is 9.47 Å². The zero-order valence-corrected chi connectivity index (χ0v) is 14.0. The summed E-state index contributed by atoms with van der Waals surface area (Å²) in [6.45, 7) is 4.62. The van der Waals surface area contributed by atoms with Gasteiger partial charge < -0.3 is 14.4 Å². The maximum atomic E-state index is 12.6. The standard InChI is InChI=1S/C18H25N3O3/c22-18(20-8-10-23-11-9-20)17-4-3-15-16(24-17)5-7-21(15)13-14-2-1-6-19-12-14/h1-2,6,12,15-17H,3-5,7-11,13H2/t15-,16-,17-/m0/s1. The molecule has 4 rings (SSSR count). The van der Waals surface area contributed by atoms with Crippen LogP contribution in [0, 0.1) is 0 Å². The van der Waals surface area contributed by atoms with E-state index in [1.165, 1.54) is 5.56 Å². The van der Waals surface area contributed by atoms with Crippen LogP contribution in [-0.2, 0) is 20.8 Å². The minimum absolute atomic E-state index is 0.155. The quantitative estimate of drug-likeness (QED) is 0.829. The molecule has 4 heterocycles. The average Bonchev–Trinajstić information content (AvgIpc) is 3.05. The number of hydrogen-bond donors (Lipinski definition) is 0. The van der Waals surface area contributed by atoms with Crippen molar-refractivity contribution < 1.29 is 14.3 Å². The van der Waals surface area contributed by atoms with Crippen molar-refractivity contribution in [2.24, 2.45) is 0 Å². The minimum Gasteiger partial charge on any atom is -0.378 e. The summed E-state index contributed by atoms with van der Waals surface area (Å²) >= 11 is 0. The van der Waals surface area contributed by atoms with E-state index in [1.54, 1.807) is 0 Å². The third-order valence-corrected chi connectivity index (χ3v) is 5.37. The van der Waals surface area contributed by atoms with Gasteiger partial charge in [0.1, 0.15) is 6.10 Å². The molecule has 3 aliphatic rings. The lowest BCUT2D eigenvalue weighted by Gasteiger charge is -2.38. The third kappa shape index (κ3) is 3.31. The molecule has 1 aromatic rings. The van der Waals surface area contributed by atoms with Crippen molar-refractivity contribution in [3.05, 3.63) is 30.1 Å². The zero-order valence-electron chi connectivity index (χ0n) is 14.0. The molecular formula is C18H25N3O3. The van der Waals surface area contributed by atoms with Gasteiger partial charge in [0.25, 0.3) is 5.91 Å². The first-order valence-corrected chi connectivity index (χ1v) is 8.96. The predicted octanol–water partition coefficient (Wildman–Crippen LogP) is 1.06. The molecule has 3 atom stereocenters. The number of aromatic nitrogens is 1. The summed E-state index contributed by atoms with van der Waals surface area (Å²) in [7, 11) is 0. The van der Waals surface area contributed by atoms with Crippen molar-refractivity contribution in [3.8, 4) is 0 Å². The molecule has 0 saturated carbocycles. The molecule has 0 aliphatic carbocycles. The Kier molecular flexibility index (Phi) is 4.78. The highest BCUT2D eigenvalue weighted by atomic mass is 16.5. The van der Waals surface area contributed by atoms with E-state index in [0.717, 1.165) is 32.4 Å². The number of ether oxygens (including phenoxy) is 2. The Morgan fingerprint density at radius 1 is 1.21 bits per heavy atom. The molecule has 0 bridgehead atoms. The maximum Gasteiger partial charge on any atom is 0.251 e. The van der Waals surface area contributed by atoms with Crippen LogP contribution in [0.15, 0.2) is 24.5 Å². The number of morpholine rings is 1. The molecule has 130 valence electrons. The minimum atomic E-state index is -0.261. The summed E-state index contributed by atoms with van der Waals surface area (Å²) in [6, 6.07) is 4.53. The Labute approximate surface area is 142 Å². The van der Waals surface area contributed by atoms with Gasteiger partial charge in [-0.2, -0.15) is 0 Å². The van der Waals surface area contributed by atoms with Crippen molar-refractivity contribution in [2.75, 3.05) is 32.8 Å². The molecule has 0 N–H and O–H groups in total. The van der Waals surface area contributed by atoms with Gasteiger partial charge in [0, 0.05) is 44.6 Å². The number of carbonyl (C=O) groups excluding carboxylic acids is 1. The normalized spacial score (nSPS) is 31.0. The Bertz CT molecular complexity index is 562. The molecule has 1 aromatic heterocycles. The highest BCUT2D eigenvalue weighted by Crippen LogP contribution is 2.33. The molecule has 1 amide bonds. The molecule has 3 fully saturated rings. The van der Waals surface area contributed by atoms with Gasteiger partial charge in [0.2, 0.25) is 0 Å².